The predicted molar refractivity (Wildman–Crippen MR) is 92.1 cm³/mol. The van der Waals surface area contributed by atoms with E-state index >= 15 is 0 Å². The van der Waals surface area contributed by atoms with E-state index in [9.17, 15) is 8.42 Å². The van der Waals surface area contributed by atoms with Crippen LogP contribution in [-0.4, -0.2) is 14.0 Å². The Morgan fingerprint density at radius 2 is 1.55 bits per heavy atom. The molecule has 0 aliphatic carbocycles. The number of sulfonamides is 1. The molecule has 0 fully saturated rings. The zero-order valence-corrected chi connectivity index (χ0v) is 14.3. The van der Waals surface area contributed by atoms with Crippen LogP contribution in [-0.2, 0) is 10.0 Å². The van der Waals surface area contributed by atoms with E-state index in [1.54, 1.807) is 24.3 Å². The van der Waals surface area contributed by atoms with E-state index in [1.165, 1.54) is 12.1 Å². The maximum absolute atomic E-state index is 12.3. The Balaban J connectivity index is 2.17. The molecule has 0 atom stereocenters. The molecule has 2 rings (SSSR count). The Bertz CT molecular complexity index is 750. The fourth-order valence-corrected chi connectivity index (χ4v) is 3.26. The first-order valence-corrected chi connectivity index (χ1v) is 8.68. The summed E-state index contributed by atoms with van der Waals surface area (Å²) in [6, 6.07) is 13.3. The molecule has 0 radical (unpaired) electrons. The van der Waals surface area contributed by atoms with Crippen molar-refractivity contribution in [2.24, 2.45) is 0 Å². The van der Waals surface area contributed by atoms with Crippen molar-refractivity contribution in [3.63, 3.8) is 0 Å². The highest BCUT2D eigenvalue weighted by atomic mass is 35.5. The molecular formula is C16H19ClN2O2S. The summed E-state index contributed by atoms with van der Waals surface area (Å²) in [5, 5.41) is 3.70. The lowest BCUT2D eigenvalue weighted by Gasteiger charge is -2.22. The summed E-state index contributed by atoms with van der Waals surface area (Å²) in [5.41, 5.74) is 1.37. The minimum atomic E-state index is -3.64. The topological polar surface area (TPSA) is 58.2 Å². The number of hydrogen-bond donors (Lipinski definition) is 2. The van der Waals surface area contributed by atoms with Crippen LogP contribution >= 0.6 is 11.6 Å². The van der Waals surface area contributed by atoms with Gasteiger partial charge in [0.25, 0.3) is 10.0 Å². The summed E-state index contributed by atoms with van der Waals surface area (Å²) in [7, 11) is -3.64. The first-order chi connectivity index (χ1) is 10.2. The zero-order valence-electron chi connectivity index (χ0n) is 12.7. The van der Waals surface area contributed by atoms with Crippen LogP contribution in [0.3, 0.4) is 0 Å². The van der Waals surface area contributed by atoms with E-state index in [2.05, 4.69) is 30.8 Å². The summed E-state index contributed by atoms with van der Waals surface area (Å²) in [5.74, 6) is 0. The molecule has 0 aliphatic heterocycles. The first kappa shape index (κ1) is 16.6. The van der Waals surface area contributed by atoms with Crippen molar-refractivity contribution in [1.82, 2.24) is 0 Å². The van der Waals surface area contributed by atoms with Gasteiger partial charge in [-0.25, -0.2) is 8.42 Å². The SMILES string of the molecule is CC(C)(C)Nc1ccc(NS(=O)(=O)c2cccc(Cl)c2)cc1. The Labute approximate surface area is 136 Å². The molecule has 0 bridgehead atoms. The van der Waals surface area contributed by atoms with Crippen molar-refractivity contribution in [3.8, 4) is 0 Å². The van der Waals surface area contributed by atoms with Gasteiger partial charge in [0, 0.05) is 21.9 Å². The Morgan fingerprint density at radius 1 is 0.955 bits per heavy atom. The molecule has 6 heteroatoms. The Morgan fingerprint density at radius 3 is 2.09 bits per heavy atom. The highest BCUT2D eigenvalue weighted by Crippen LogP contribution is 2.21. The van der Waals surface area contributed by atoms with E-state index in [0.717, 1.165) is 5.69 Å². The summed E-state index contributed by atoms with van der Waals surface area (Å²) in [6.07, 6.45) is 0. The molecule has 4 nitrogen and oxygen atoms in total. The Kier molecular flexibility index (Phi) is 4.68. The van der Waals surface area contributed by atoms with Crippen molar-refractivity contribution >= 4 is 33.0 Å². The molecule has 0 amide bonds. The van der Waals surface area contributed by atoms with E-state index in [1.807, 2.05) is 12.1 Å². The second-order valence-corrected chi connectivity index (χ2v) is 8.13. The van der Waals surface area contributed by atoms with Crippen LogP contribution in [0.2, 0.25) is 5.02 Å². The van der Waals surface area contributed by atoms with Crippen molar-refractivity contribution in [2.45, 2.75) is 31.2 Å². The zero-order chi connectivity index (χ0) is 16.4. The average Bonchev–Trinajstić information content (AvgIpc) is 2.39. The molecule has 0 aliphatic rings. The molecule has 0 saturated heterocycles. The van der Waals surface area contributed by atoms with Crippen LogP contribution in [0.15, 0.2) is 53.4 Å². The fourth-order valence-electron chi connectivity index (χ4n) is 1.90. The highest BCUT2D eigenvalue weighted by Gasteiger charge is 2.15. The fraction of sp³-hybridized carbons (Fsp3) is 0.250. The lowest BCUT2D eigenvalue weighted by atomic mass is 10.1. The standard InChI is InChI=1S/C16H19ClN2O2S/c1-16(2,3)18-13-7-9-14(10-8-13)19-22(20,21)15-6-4-5-12(17)11-15/h4-11,18-19H,1-3H3. The van der Waals surface area contributed by atoms with Gasteiger partial charge in [-0.15, -0.1) is 0 Å². The number of rotatable bonds is 4. The predicted octanol–water partition coefficient (Wildman–Crippen LogP) is 4.35. The molecule has 2 aromatic rings. The monoisotopic (exact) mass is 338 g/mol. The van der Waals surface area contributed by atoms with Gasteiger partial charge in [0.2, 0.25) is 0 Å². The summed E-state index contributed by atoms with van der Waals surface area (Å²) in [4.78, 5) is 0.136. The lowest BCUT2D eigenvalue weighted by molar-refractivity contribution is 0.601. The maximum Gasteiger partial charge on any atom is 0.261 e. The average molecular weight is 339 g/mol. The molecule has 0 unspecified atom stereocenters. The minimum Gasteiger partial charge on any atom is -0.380 e. The van der Waals surface area contributed by atoms with E-state index < -0.39 is 10.0 Å². The number of anilines is 2. The van der Waals surface area contributed by atoms with Crippen LogP contribution in [0.25, 0.3) is 0 Å². The number of nitrogens with one attached hydrogen (secondary N) is 2. The van der Waals surface area contributed by atoms with Gasteiger partial charge in [-0.2, -0.15) is 0 Å². The lowest BCUT2D eigenvalue weighted by Crippen LogP contribution is -2.25. The molecule has 0 heterocycles. The molecule has 0 spiro atoms. The largest absolute Gasteiger partial charge is 0.380 e. The number of halogens is 1. The van der Waals surface area contributed by atoms with E-state index in [0.29, 0.717) is 10.7 Å². The van der Waals surface area contributed by atoms with Gasteiger partial charge >= 0.3 is 0 Å². The second kappa shape index (κ2) is 6.18. The van der Waals surface area contributed by atoms with Gasteiger partial charge in [-0.1, -0.05) is 17.7 Å². The van der Waals surface area contributed by atoms with Crippen molar-refractivity contribution in [1.29, 1.82) is 0 Å². The summed E-state index contributed by atoms with van der Waals surface area (Å²) >= 11 is 5.84. The van der Waals surface area contributed by atoms with E-state index in [-0.39, 0.29) is 10.4 Å². The van der Waals surface area contributed by atoms with Gasteiger partial charge in [0.05, 0.1) is 4.90 Å². The maximum atomic E-state index is 12.3. The molecule has 2 N–H and O–H groups in total. The molecule has 118 valence electrons. The van der Waals surface area contributed by atoms with Crippen LogP contribution in [0.1, 0.15) is 20.8 Å². The van der Waals surface area contributed by atoms with Gasteiger partial charge in [0.1, 0.15) is 0 Å². The van der Waals surface area contributed by atoms with Gasteiger partial charge in [-0.05, 0) is 63.2 Å². The van der Waals surface area contributed by atoms with Crippen LogP contribution in [0.5, 0.6) is 0 Å². The van der Waals surface area contributed by atoms with Gasteiger partial charge in [0.15, 0.2) is 0 Å². The third-order valence-electron chi connectivity index (χ3n) is 2.76. The minimum absolute atomic E-state index is 0.0538. The number of benzene rings is 2. The normalized spacial score (nSPS) is 12.0. The van der Waals surface area contributed by atoms with Crippen LogP contribution in [0, 0.1) is 0 Å². The number of hydrogen-bond acceptors (Lipinski definition) is 3. The second-order valence-electron chi connectivity index (χ2n) is 6.02. The molecule has 0 aromatic heterocycles. The van der Waals surface area contributed by atoms with Gasteiger partial charge < -0.3 is 5.32 Å². The van der Waals surface area contributed by atoms with Crippen molar-refractivity contribution in [2.75, 3.05) is 10.0 Å². The molecule has 22 heavy (non-hydrogen) atoms. The summed E-state index contributed by atoms with van der Waals surface area (Å²) < 4.78 is 27.1. The van der Waals surface area contributed by atoms with Crippen LogP contribution in [0.4, 0.5) is 11.4 Å². The molecule has 2 aromatic carbocycles. The van der Waals surface area contributed by atoms with Crippen molar-refractivity contribution < 1.29 is 8.42 Å². The first-order valence-electron chi connectivity index (χ1n) is 6.82. The highest BCUT2D eigenvalue weighted by molar-refractivity contribution is 7.92. The molecule has 0 saturated carbocycles. The third-order valence-corrected chi connectivity index (χ3v) is 4.38. The Hall–Kier alpha value is -1.72. The quantitative estimate of drug-likeness (QED) is 0.871. The third kappa shape index (κ3) is 4.64. The van der Waals surface area contributed by atoms with Crippen LogP contribution < -0.4 is 10.0 Å². The smallest absolute Gasteiger partial charge is 0.261 e. The van der Waals surface area contributed by atoms with E-state index in [4.69, 9.17) is 11.6 Å². The van der Waals surface area contributed by atoms with Crippen molar-refractivity contribution in [3.05, 3.63) is 53.6 Å². The summed E-state index contributed by atoms with van der Waals surface area (Å²) in [6.45, 7) is 6.17. The van der Waals surface area contributed by atoms with Gasteiger partial charge in [-0.3, -0.25) is 4.72 Å². The molecular weight excluding hydrogens is 320 g/mol.